The Morgan fingerprint density at radius 2 is 2.33 bits per heavy atom. The number of aliphatic hydroxyl groups excluding tert-OH is 2. The second kappa shape index (κ2) is 3.83. The lowest BCUT2D eigenvalue weighted by Gasteiger charge is -2.25. The lowest BCUT2D eigenvalue weighted by atomic mass is 9.87. The predicted molar refractivity (Wildman–Crippen MR) is 44.4 cm³/mol. The first-order valence-electron chi connectivity index (χ1n) is 3.96. The van der Waals surface area contributed by atoms with Crippen LogP contribution < -0.4 is 0 Å². The quantitative estimate of drug-likeness (QED) is 0.618. The molecule has 2 atom stereocenters. The summed E-state index contributed by atoms with van der Waals surface area (Å²) in [6.45, 7) is 3.43. The molecule has 0 aromatic heterocycles. The fourth-order valence-electron chi connectivity index (χ4n) is 1.38. The first-order chi connectivity index (χ1) is 5.65. The van der Waals surface area contributed by atoms with Gasteiger partial charge < -0.3 is 10.2 Å². The van der Waals surface area contributed by atoms with Gasteiger partial charge in [-0.1, -0.05) is 12.7 Å². The summed E-state index contributed by atoms with van der Waals surface area (Å²) in [7, 11) is 0. The monoisotopic (exact) mass is 172 g/mol. The lowest BCUT2D eigenvalue weighted by molar-refractivity contribution is 0.124. The Hall–Kier alpha value is -0.670. The first kappa shape index (κ1) is 9.42. The van der Waals surface area contributed by atoms with Crippen LogP contribution in [0.1, 0.15) is 12.8 Å². The minimum atomic E-state index is -1.16. The van der Waals surface area contributed by atoms with Gasteiger partial charge in [-0.25, -0.2) is 4.39 Å². The van der Waals surface area contributed by atoms with Crippen LogP contribution in [0.5, 0.6) is 0 Å². The van der Waals surface area contributed by atoms with Crippen LogP contribution in [0.2, 0.25) is 0 Å². The fourth-order valence-corrected chi connectivity index (χ4v) is 1.38. The van der Waals surface area contributed by atoms with E-state index >= 15 is 0 Å². The van der Waals surface area contributed by atoms with Gasteiger partial charge in [-0.05, 0) is 17.6 Å². The maximum absolute atomic E-state index is 13.0. The number of rotatable bonds is 1. The van der Waals surface area contributed by atoms with Gasteiger partial charge >= 0.3 is 0 Å². The molecule has 1 saturated carbocycles. The van der Waals surface area contributed by atoms with E-state index in [9.17, 15) is 9.50 Å². The number of aliphatic hydroxyl groups is 2. The summed E-state index contributed by atoms with van der Waals surface area (Å²) >= 11 is 0. The maximum Gasteiger partial charge on any atom is 0.127 e. The molecule has 1 aliphatic rings. The highest BCUT2D eigenvalue weighted by molar-refractivity contribution is 5.34. The summed E-state index contributed by atoms with van der Waals surface area (Å²) in [5, 5.41) is 17.8. The largest absolute Gasteiger partial charge is 0.393 e. The van der Waals surface area contributed by atoms with E-state index in [0.717, 1.165) is 0 Å². The van der Waals surface area contributed by atoms with Gasteiger partial charge in [0.25, 0.3) is 0 Å². The van der Waals surface area contributed by atoms with E-state index in [1.165, 1.54) is 6.08 Å². The summed E-state index contributed by atoms with van der Waals surface area (Å²) in [5.41, 5.74) is 1.04. The van der Waals surface area contributed by atoms with E-state index < -0.39 is 12.3 Å². The van der Waals surface area contributed by atoms with E-state index in [-0.39, 0.29) is 13.0 Å². The lowest BCUT2D eigenvalue weighted by Crippen LogP contribution is -2.24. The van der Waals surface area contributed by atoms with E-state index in [2.05, 4.69) is 6.58 Å². The van der Waals surface area contributed by atoms with Crippen molar-refractivity contribution < 1.29 is 14.6 Å². The molecule has 1 aliphatic carbocycles. The number of allylic oxidation sites excluding steroid dienone is 1. The van der Waals surface area contributed by atoms with Crippen molar-refractivity contribution in [3.8, 4) is 0 Å². The summed E-state index contributed by atoms with van der Waals surface area (Å²) in [6, 6.07) is 0. The Morgan fingerprint density at radius 3 is 2.92 bits per heavy atom. The van der Waals surface area contributed by atoms with Gasteiger partial charge in [0.2, 0.25) is 0 Å². The van der Waals surface area contributed by atoms with Crippen molar-refractivity contribution in [3.05, 3.63) is 23.8 Å². The van der Waals surface area contributed by atoms with Crippen molar-refractivity contribution in [1.29, 1.82) is 0 Å². The molecule has 0 amide bonds. The third-order valence-corrected chi connectivity index (χ3v) is 2.06. The van der Waals surface area contributed by atoms with E-state index in [1.807, 2.05) is 0 Å². The van der Waals surface area contributed by atoms with Crippen LogP contribution in [0.3, 0.4) is 0 Å². The van der Waals surface area contributed by atoms with Gasteiger partial charge in [0, 0.05) is 6.42 Å². The van der Waals surface area contributed by atoms with Gasteiger partial charge in [-0.2, -0.15) is 0 Å². The Bertz CT molecular complexity index is 211. The molecule has 12 heavy (non-hydrogen) atoms. The maximum atomic E-state index is 13.0. The van der Waals surface area contributed by atoms with Gasteiger partial charge in [0.05, 0.1) is 12.7 Å². The molecule has 1 unspecified atom stereocenters. The van der Waals surface area contributed by atoms with Crippen LogP contribution in [-0.2, 0) is 0 Å². The van der Waals surface area contributed by atoms with Crippen molar-refractivity contribution in [2.75, 3.05) is 6.61 Å². The molecule has 68 valence electrons. The molecule has 0 heterocycles. The molecule has 1 fully saturated rings. The zero-order valence-electron chi connectivity index (χ0n) is 6.83. The molecule has 3 heteroatoms. The minimum Gasteiger partial charge on any atom is -0.393 e. The SMILES string of the molecule is C=C1/C(=C\CO)CC(O)C[C@@H]1F. The van der Waals surface area contributed by atoms with E-state index in [1.54, 1.807) is 0 Å². The van der Waals surface area contributed by atoms with E-state index in [0.29, 0.717) is 17.6 Å². The molecular weight excluding hydrogens is 159 g/mol. The van der Waals surface area contributed by atoms with Gasteiger partial charge in [-0.3, -0.25) is 0 Å². The van der Waals surface area contributed by atoms with E-state index in [4.69, 9.17) is 5.11 Å². The topological polar surface area (TPSA) is 40.5 Å². The number of hydrogen-bond acceptors (Lipinski definition) is 2. The summed E-state index contributed by atoms with van der Waals surface area (Å²) in [6.07, 6.45) is 0.230. The van der Waals surface area contributed by atoms with Crippen molar-refractivity contribution >= 4 is 0 Å². The molecule has 1 rings (SSSR count). The van der Waals surface area contributed by atoms with Crippen LogP contribution in [0.15, 0.2) is 23.8 Å². The van der Waals surface area contributed by atoms with Crippen molar-refractivity contribution in [1.82, 2.24) is 0 Å². The Kier molecular flexibility index (Phi) is 3.00. The van der Waals surface area contributed by atoms with Crippen LogP contribution in [0.4, 0.5) is 4.39 Å². The van der Waals surface area contributed by atoms with Gasteiger partial charge in [-0.15, -0.1) is 0 Å². The average Bonchev–Trinajstić information content (AvgIpc) is 2.00. The molecule has 0 spiro atoms. The first-order valence-corrected chi connectivity index (χ1v) is 3.96. The molecule has 0 aromatic carbocycles. The second-order valence-electron chi connectivity index (χ2n) is 3.00. The third kappa shape index (κ3) is 1.93. The molecule has 0 saturated heterocycles. The highest BCUT2D eigenvalue weighted by Crippen LogP contribution is 2.29. The van der Waals surface area contributed by atoms with Crippen LogP contribution in [-0.4, -0.2) is 29.1 Å². The molecule has 2 N–H and O–H groups in total. The summed E-state index contributed by atoms with van der Waals surface area (Å²) < 4.78 is 13.0. The smallest absolute Gasteiger partial charge is 0.127 e. The number of hydrogen-bond donors (Lipinski definition) is 2. The fraction of sp³-hybridized carbons (Fsp3) is 0.556. The zero-order chi connectivity index (χ0) is 9.14. The van der Waals surface area contributed by atoms with Crippen molar-refractivity contribution in [2.24, 2.45) is 0 Å². The highest BCUT2D eigenvalue weighted by Gasteiger charge is 2.26. The molecule has 0 aliphatic heterocycles. The number of halogens is 1. The molecule has 0 radical (unpaired) electrons. The van der Waals surface area contributed by atoms with Crippen molar-refractivity contribution in [2.45, 2.75) is 25.1 Å². The Labute approximate surface area is 71.0 Å². The number of alkyl halides is 1. The standard InChI is InChI=1S/C9H13FO2/c1-6-7(2-3-11)4-8(12)5-9(6)10/h2,8-9,11-12H,1,3-5H2/b7-2-/t8?,9-/m0/s1. The van der Waals surface area contributed by atoms with Crippen molar-refractivity contribution in [3.63, 3.8) is 0 Å². The third-order valence-electron chi connectivity index (χ3n) is 2.06. The summed E-state index contributed by atoms with van der Waals surface area (Å²) in [5.74, 6) is 0. The van der Waals surface area contributed by atoms with Crippen LogP contribution in [0.25, 0.3) is 0 Å². The van der Waals surface area contributed by atoms with Gasteiger partial charge in [0.1, 0.15) is 6.17 Å². The molecule has 2 nitrogen and oxygen atoms in total. The van der Waals surface area contributed by atoms with Crippen LogP contribution in [0, 0.1) is 0 Å². The molecular formula is C9H13FO2. The normalized spacial score (nSPS) is 34.2. The Balaban J connectivity index is 2.73. The minimum absolute atomic E-state index is 0.127. The Morgan fingerprint density at radius 1 is 1.67 bits per heavy atom. The predicted octanol–water partition coefficient (Wildman–Crippen LogP) is 0.954. The van der Waals surface area contributed by atoms with Gasteiger partial charge in [0.15, 0.2) is 0 Å². The average molecular weight is 172 g/mol. The summed E-state index contributed by atoms with van der Waals surface area (Å²) in [4.78, 5) is 0. The molecule has 0 aromatic rings. The zero-order valence-corrected chi connectivity index (χ0v) is 6.83. The highest BCUT2D eigenvalue weighted by atomic mass is 19.1. The molecule has 0 bridgehead atoms. The second-order valence-corrected chi connectivity index (χ2v) is 3.00. The van der Waals surface area contributed by atoms with Crippen LogP contribution >= 0.6 is 0 Å².